The molecule has 1 aliphatic rings. The number of benzene rings is 1. The minimum atomic E-state index is -0.196. The third kappa shape index (κ3) is 7.45. The molecular formula is C16H26FIN4O. The quantitative estimate of drug-likeness (QED) is 0.417. The lowest BCUT2D eigenvalue weighted by Gasteiger charge is -2.30. The summed E-state index contributed by atoms with van der Waals surface area (Å²) in [5.41, 5.74) is 0.972. The first-order chi connectivity index (χ1) is 10.7. The van der Waals surface area contributed by atoms with Crippen molar-refractivity contribution < 1.29 is 9.13 Å². The van der Waals surface area contributed by atoms with Crippen molar-refractivity contribution in [1.82, 2.24) is 15.5 Å². The summed E-state index contributed by atoms with van der Waals surface area (Å²) < 4.78 is 18.8. The molecule has 0 aromatic heterocycles. The molecule has 23 heavy (non-hydrogen) atoms. The van der Waals surface area contributed by atoms with Crippen LogP contribution in [0.2, 0.25) is 0 Å². The van der Waals surface area contributed by atoms with E-state index in [-0.39, 0.29) is 35.9 Å². The number of rotatable bonds is 5. The van der Waals surface area contributed by atoms with E-state index in [9.17, 15) is 4.39 Å². The molecule has 2 rings (SSSR count). The fraction of sp³-hybridized carbons (Fsp3) is 0.562. The molecule has 1 atom stereocenters. The first-order valence-electron chi connectivity index (χ1n) is 7.66. The Balaban J connectivity index is 0.00000264. The van der Waals surface area contributed by atoms with Crippen molar-refractivity contribution in [3.63, 3.8) is 0 Å². The second-order valence-corrected chi connectivity index (χ2v) is 5.51. The van der Waals surface area contributed by atoms with Crippen LogP contribution in [0.5, 0.6) is 0 Å². The maximum atomic E-state index is 13.1. The van der Waals surface area contributed by atoms with Crippen molar-refractivity contribution >= 4 is 29.9 Å². The Morgan fingerprint density at radius 1 is 1.43 bits per heavy atom. The van der Waals surface area contributed by atoms with Crippen molar-refractivity contribution in [2.24, 2.45) is 4.99 Å². The van der Waals surface area contributed by atoms with Gasteiger partial charge in [-0.15, -0.1) is 24.0 Å². The highest BCUT2D eigenvalue weighted by Crippen LogP contribution is 2.03. The van der Waals surface area contributed by atoms with Crippen LogP contribution in [0.25, 0.3) is 0 Å². The van der Waals surface area contributed by atoms with E-state index in [1.165, 1.54) is 6.07 Å². The van der Waals surface area contributed by atoms with Crippen LogP contribution in [-0.2, 0) is 11.2 Å². The van der Waals surface area contributed by atoms with Crippen LogP contribution in [0.1, 0.15) is 5.56 Å². The zero-order valence-corrected chi connectivity index (χ0v) is 16.0. The van der Waals surface area contributed by atoms with Gasteiger partial charge < -0.3 is 20.3 Å². The van der Waals surface area contributed by atoms with E-state index in [1.807, 2.05) is 6.07 Å². The summed E-state index contributed by atoms with van der Waals surface area (Å²) in [5, 5.41) is 6.51. The Morgan fingerprint density at radius 2 is 2.26 bits per heavy atom. The van der Waals surface area contributed by atoms with E-state index in [1.54, 1.807) is 19.2 Å². The molecule has 1 aliphatic heterocycles. The van der Waals surface area contributed by atoms with Gasteiger partial charge in [-0.25, -0.2) is 4.39 Å². The maximum absolute atomic E-state index is 13.1. The lowest BCUT2D eigenvalue weighted by molar-refractivity contribution is -0.0161. The first kappa shape index (κ1) is 20.1. The van der Waals surface area contributed by atoms with Crippen molar-refractivity contribution in [3.8, 4) is 0 Å². The molecule has 1 heterocycles. The Hall–Kier alpha value is -0.930. The number of halogens is 2. The number of likely N-dealkylation sites (N-methyl/N-ethyl adjacent to an activating group) is 1. The fourth-order valence-electron chi connectivity index (χ4n) is 2.44. The Morgan fingerprint density at radius 3 is 2.96 bits per heavy atom. The van der Waals surface area contributed by atoms with Gasteiger partial charge in [-0.1, -0.05) is 12.1 Å². The predicted octanol–water partition coefficient (Wildman–Crippen LogP) is 1.48. The van der Waals surface area contributed by atoms with E-state index >= 15 is 0 Å². The van der Waals surface area contributed by atoms with Crippen molar-refractivity contribution in [2.45, 2.75) is 12.5 Å². The van der Waals surface area contributed by atoms with Gasteiger partial charge in [-0.2, -0.15) is 0 Å². The van der Waals surface area contributed by atoms with Crippen molar-refractivity contribution in [3.05, 3.63) is 35.6 Å². The average Bonchev–Trinajstić information content (AvgIpc) is 2.51. The van der Waals surface area contributed by atoms with Gasteiger partial charge in [0.15, 0.2) is 5.96 Å². The molecule has 0 bridgehead atoms. The monoisotopic (exact) mass is 436 g/mol. The molecule has 1 aromatic rings. The minimum absolute atomic E-state index is 0. The van der Waals surface area contributed by atoms with Crippen LogP contribution >= 0.6 is 24.0 Å². The Bertz CT molecular complexity index is 501. The predicted molar refractivity (Wildman–Crippen MR) is 102 cm³/mol. The fourth-order valence-corrected chi connectivity index (χ4v) is 2.44. The molecule has 0 aliphatic carbocycles. The molecule has 0 saturated carbocycles. The van der Waals surface area contributed by atoms with Crippen LogP contribution in [0, 0.1) is 5.82 Å². The number of hydrogen-bond acceptors (Lipinski definition) is 3. The largest absolute Gasteiger partial charge is 0.374 e. The molecule has 130 valence electrons. The van der Waals surface area contributed by atoms with Crippen LogP contribution < -0.4 is 10.6 Å². The van der Waals surface area contributed by atoms with Gasteiger partial charge in [0.25, 0.3) is 0 Å². The molecule has 5 nitrogen and oxygen atoms in total. The molecular weight excluding hydrogens is 410 g/mol. The zero-order chi connectivity index (χ0) is 15.8. The number of hydrogen-bond donors (Lipinski definition) is 2. The number of nitrogens with one attached hydrogen (secondary N) is 2. The molecule has 7 heteroatoms. The van der Waals surface area contributed by atoms with Crippen molar-refractivity contribution in [2.75, 3.05) is 46.9 Å². The van der Waals surface area contributed by atoms with E-state index in [2.05, 4.69) is 27.6 Å². The molecule has 1 fully saturated rings. The maximum Gasteiger partial charge on any atom is 0.191 e. The molecule has 1 unspecified atom stereocenters. The molecule has 0 radical (unpaired) electrons. The third-order valence-corrected chi connectivity index (χ3v) is 3.66. The Kier molecular flexibility index (Phi) is 9.42. The smallest absolute Gasteiger partial charge is 0.191 e. The zero-order valence-electron chi connectivity index (χ0n) is 13.7. The highest BCUT2D eigenvalue weighted by atomic mass is 127. The molecule has 0 amide bonds. The standard InChI is InChI=1S/C16H25FN4O.HI/c1-18-16(20-11-15-12-21(2)8-9-22-15)19-7-6-13-4-3-5-14(17)10-13;/h3-5,10,15H,6-9,11-12H2,1-2H3,(H2,18,19,20);1H. The normalized spacial score (nSPS) is 19.1. The first-order valence-corrected chi connectivity index (χ1v) is 7.66. The lowest BCUT2D eigenvalue weighted by Crippen LogP contribution is -2.48. The summed E-state index contributed by atoms with van der Waals surface area (Å²) in [6.07, 6.45) is 0.932. The SMILES string of the molecule is CN=C(NCCc1cccc(F)c1)NCC1CN(C)CCO1.I. The van der Waals surface area contributed by atoms with Gasteiger partial charge in [0, 0.05) is 33.2 Å². The topological polar surface area (TPSA) is 48.9 Å². The van der Waals surface area contributed by atoms with Crippen LogP contribution in [0.15, 0.2) is 29.3 Å². The van der Waals surface area contributed by atoms with Gasteiger partial charge in [0.1, 0.15) is 5.82 Å². The highest BCUT2D eigenvalue weighted by Gasteiger charge is 2.17. The van der Waals surface area contributed by atoms with Gasteiger partial charge >= 0.3 is 0 Å². The van der Waals surface area contributed by atoms with E-state index < -0.39 is 0 Å². The van der Waals surface area contributed by atoms with E-state index in [0.29, 0.717) is 6.54 Å². The summed E-state index contributed by atoms with van der Waals surface area (Å²) in [4.78, 5) is 6.45. The number of ether oxygens (including phenoxy) is 1. The summed E-state index contributed by atoms with van der Waals surface area (Å²) in [5.74, 6) is 0.548. The van der Waals surface area contributed by atoms with Crippen LogP contribution in [-0.4, -0.2) is 63.8 Å². The minimum Gasteiger partial charge on any atom is -0.374 e. The number of morpholine rings is 1. The van der Waals surface area contributed by atoms with E-state index in [0.717, 1.165) is 44.2 Å². The molecule has 2 N–H and O–H groups in total. The second kappa shape index (κ2) is 10.8. The molecule has 0 spiro atoms. The van der Waals surface area contributed by atoms with Gasteiger partial charge in [-0.05, 0) is 31.2 Å². The highest BCUT2D eigenvalue weighted by molar-refractivity contribution is 14.0. The van der Waals surface area contributed by atoms with E-state index in [4.69, 9.17) is 4.74 Å². The average molecular weight is 436 g/mol. The number of guanidine groups is 1. The van der Waals surface area contributed by atoms with Gasteiger partial charge in [0.2, 0.25) is 0 Å². The lowest BCUT2D eigenvalue weighted by atomic mass is 10.1. The third-order valence-electron chi connectivity index (χ3n) is 3.66. The van der Waals surface area contributed by atoms with Crippen molar-refractivity contribution in [1.29, 1.82) is 0 Å². The van der Waals surface area contributed by atoms with Gasteiger partial charge in [0.05, 0.1) is 12.7 Å². The second-order valence-electron chi connectivity index (χ2n) is 5.51. The Labute approximate surface area is 154 Å². The molecule has 1 aromatic carbocycles. The number of nitrogens with zero attached hydrogens (tertiary/aromatic N) is 2. The summed E-state index contributed by atoms with van der Waals surface area (Å²) in [6.45, 7) is 4.11. The summed E-state index contributed by atoms with van der Waals surface area (Å²) >= 11 is 0. The summed E-state index contributed by atoms with van der Waals surface area (Å²) in [7, 11) is 3.84. The molecule has 1 saturated heterocycles. The number of aliphatic imine (C=N–C) groups is 1. The van der Waals surface area contributed by atoms with Crippen LogP contribution in [0.3, 0.4) is 0 Å². The van der Waals surface area contributed by atoms with Crippen LogP contribution in [0.4, 0.5) is 4.39 Å². The van der Waals surface area contributed by atoms with Gasteiger partial charge in [-0.3, -0.25) is 4.99 Å². The summed E-state index contributed by atoms with van der Waals surface area (Å²) in [6, 6.07) is 6.67.